The Hall–Kier alpha value is -6.06. The van der Waals surface area contributed by atoms with Gasteiger partial charge in [0.15, 0.2) is 0 Å². The molecule has 1 unspecified atom stereocenters. The molecule has 5 heterocycles. The molecule has 4 amide bonds. The SMILES string of the molecule is C=CC(=O)N1CC[C@H](C(=O)N(C)C(C(=O)N[C@H]2Cc3cc(O)cc(c3)-c3ccc4c(c3)c(c(-c3cccnc3CN(C)C)n4CC)CC(C)(C)COC(=O)[C@@H]3CCCN(N3)C2=O)C(C)C)C1. The minimum atomic E-state index is -1.16. The van der Waals surface area contributed by atoms with Gasteiger partial charge in [0.25, 0.3) is 5.91 Å². The number of hydrogen-bond acceptors (Lipinski definition) is 10. The molecule has 0 spiro atoms. The summed E-state index contributed by atoms with van der Waals surface area (Å²) in [7, 11) is 5.64. The first-order valence-corrected chi connectivity index (χ1v) is 23.2. The lowest BCUT2D eigenvalue weighted by Crippen LogP contribution is -2.62. The summed E-state index contributed by atoms with van der Waals surface area (Å²) in [4.78, 5) is 79.3. The summed E-state index contributed by atoms with van der Waals surface area (Å²) in [6.45, 7) is 15.9. The first-order chi connectivity index (χ1) is 31.4. The fourth-order valence-corrected chi connectivity index (χ4v) is 9.99. The van der Waals surface area contributed by atoms with E-state index in [0.717, 1.165) is 44.5 Å². The molecule has 3 N–H and O–H groups in total. The van der Waals surface area contributed by atoms with Crippen molar-refractivity contribution < 1.29 is 33.8 Å². The lowest BCUT2D eigenvalue weighted by atomic mass is 9.84. The number of aromatic nitrogens is 2. The highest BCUT2D eigenvalue weighted by molar-refractivity contribution is 5.96. The predicted molar refractivity (Wildman–Crippen MR) is 254 cm³/mol. The number of ether oxygens (including phenoxy) is 1. The van der Waals surface area contributed by atoms with Crippen LogP contribution in [0.25, 0.3) is 33.3 Å². The van der Waals surface area contributed by atoms with Gasteiger partial charge in [0.2, 0.25) is 17.7 Å². The predicted octanol–water partition coefficient (Wildman–Crippen LogP) is 5.32. The number of carbonyl (C=O) groups excluding carboxylic acids is 5. The van der Waals surface area contributed by atoms with E-state index in [0.29, 0.717) is 50.9 Å². The topological polar surface area (TPSA) is 170 Å². The monoisotopic (exact) mass is 903 g/mol. The van der Waals surface area contributed by atoms with Gasteiger partial charge in [-0.15, -0.1) is 0 Å². The summed E-state index contributed by atoms with van der Waals surface area (Å²) in [6.07, 6.45) is 5.04. The van der Waals surface area contributed by atoms with Crippen molar-refractivity contribution in [1.82, 2.24) is 40.0 Å². The number of pyridine rings is 1. The van der Waals surface area contributed by atoms with Crippen molar-refractivity contribution in [1.29, 1.82) is 0 Å². The van der Waals surface area contributed by atoms with E-state index in [2.05, 4.69) is 65.8 Å². The Bertz CT molecular complexity index is 2510. The molecule has 0 aliphatic carbocycles. The van der Waals surface area contributed by atoms with Gasteiger partial charge in [-0.1, -0.05) is 46.4 Å². The molecule has 352 valence electrons. The lowest BCUT2D eigenvalue weighted by molar-refractivity contribution is -0.155. The van der Waals surface area contributed by atoms with Crippen LogP contribution in [0.5, 0.6) is 5.75 Å². The van der Waals surface area contributed by atoms with Gasteiger partial charge < -0.3 is 34.4 Å². The summed E-state index contributed by atoms with van der Waals surface area (Å²) >= 11 is 0. The lowest BCUT2D eigenvalue weighted by Gasteiger charge is -2.37. The molecule has 7 rings (SSSR count). The Morgan fingerprint density at radius 2 is 1.83 bits per heavy atom. The van der Waals surface area contributed by atoms with E-state index in [9.17, 15) is 29.1 Å². The van der Waals surface area contributed by atoms with Crippen LogP contribution in [0.4, 0.5) is 0 Å². The van der Waals surface area contributed by atoms with Crippen molar-refractivity contribution in [2.24, 2.45) is 17.3 Å². The normalized spacial score (nSPS) is 20.5. The maximum Gasteiger partial charge on any atom is 0.324 e. The number of likely N-dealkylation sites (tertiary alicyclic amines) is 1. The number of likely N-dealkylation sites (N-methyl/N-ethyl adjacent to an activating group) is 1. The Labute approximate surface area is 388 Å². The summed E-state index contributed by atoms with van der Waals surface area (Å²) in [5, 5.41) is 16.7. The maximum absolute atomic E-state index is 14.7. The molecule has 4 atom stereocenters. The number of aromatic hydroxyl groups is 1. The molecular weight excluding hydrogens is 837 g/mol. The first-order valence-electron chi connectivity index (χ1n) is 23.2. The third kappa shape index (κ3) is 10.2. The molecule has 2 aromatic carbocycles. The van der Waals surface area contributed by atoms with Gasteiger partial charge in [0, 0.05) is 74.3 Å². The van der Waals surface area contributed by atoms with E-state index in [4.69, 9.17) is 9.72 Å². The van der Waals surface area contributed by atoms with Crippen LogP contribution in [0.2, 0.25) is 0 Å². The van der Waals surface area contributed by atoms with E-state index in [-0.39, 0.29) is 49.6 Å². The van der Waals surface area contributed by atoms with E-state index in [1.165, 1.54) is 16.0 Å². The molecule has 2 aromatic heterocycles. The van der Waals surface area contributed by atoms with Crippen LogP contribution in [0.1, 0.15) is 70.7 Å². The van der Waals surface area contributed by atoms with E-state index in [1.807, 2.05) is 52.3 Å². The zero-order valence-corrected chi connectivity index (χ0v) is 39.7. The number of nitrogens with one attached hydrogen (secondary N) is 2. The second-order valence-electron chi connectivity index (χ2n) is 19.6. The molecule has 2 saturated heterocycles. The molecule has 0 saturated carbocycles. The molecule has 3 aliphatic rings. The summed E-state index contributed by atoms with van der Waals surface area (Å²) in [6, 6.07) is 12.7. The van der Waals surface area contributed by atoms with E-state index >= 15 is 0 Å². The van der Waals surface area contributed by atoms with Crippen LogP contribution in [0.15, 0.2) is 67.4 Å². The van der Waals surface area contributed by atoms with Gasteiger partial charge >= 0.3 is 5.97 Å². The van der Waals surface area contributed by atoms with E-state index in [1.54, 1.807) is 24.1 Å². The Balaban J connectivity index is 1.31. The number of amides is 4. The van der Waals surface area contributed by atoms with Crippen molar-refractivity contribution in [2.75, 3.05) is 47.4 Å². The zero-order chi connectivity index (χ0) is 47.6. The number of fused-ring (bicyclic) bond motifs is 6. The van der Waals surface area contributed by atoms with Gasteiger partial charge in [0.05, 0.1) is 23.9 Å². The quantitative estimate of drug-likeness (QED) is 0.140. The van der Waals surface area contributed by atoms with Gasteiger partial charge in [0.1, 0.15) is 23.9 Å². The Morgan fingerprint density at radius 1 is 1.06 bits per heavy atom. The fraction of sp³-hybridized carbons (Fsp3) is 0.490. The number of rotatable bonds is 10. The summed E-state index contributed by atoms with van der Waals surface area (Å²) in [5.41, 5.74) is 9.93. The summed E-state index contributed by atoms with van der Waals surface area (Å²) in [5.74, 6) is -2.82. The van der Waals surface area contributed by atoms with Gasteiger partial charge in [-0.3, -0.25) is 34.0 Å². The molecule has 15 nitrogen and oxygen atoms in total. The number of aryl methyl sites for hydroxylation is 1. The van der Waals surface area contributed by atoms with Crippen molar-refractivity contribution in [3.05, 3.63) is 84.2 Å². The standard InChI is InChI=1S/C51H66N8O7/c1-10-44(61)57-21-18-34(28-57)48(63)56(9)45(31(3)4)47(62)53-41-24-32-22-35(25-36(60)23-32)33-16-17-43-38(26-33)39(46(58(43)11-2)37-14-12-19-52-42(37)29-55(7)8)27-51(5,6)30-66-50(65)40-15-13-20-59(54-40)49(41)64/h10,12,14,16-17,19,22-23,25-26,31,34,40-41,45,54,60H,1,11,13,15,18,20-21,24,27-30H2,2-9H3,(H,53,62)/t34-,40-,41-,45?/m0/s1. The Morgan fingerprint density at radius 3 is 2.55 bits per heavy atom. The minimum Gasteiger partial charge on any atom is -0.508 e. The number of benzene rings is 2. The minimum absolute atomic E-state index is 0.00328. The molecule has 3 aliphatic heterocycles. The van der Waals surface area contributed by atoms with Crippen LogP contribution in [0.3, 0.4) is 0 Å². The average Bonchev–Trinajstić information content (AvgIpc) is 3.89. The molecule has 2 fully saturated rings. The highest BCUT2D eigenvalue weighted by atomic mass is 16.5. The number of cyclic esters (lactones) is 1. The highest BCUT2D eigenvalue weighted by Crippen LogP contribution is 2.41. The molecule has 15 heteroatoms. The maximum atomic E-state index is 14.7. The average molecular weight is 903 g/mol. The third-order valence-corrected chi connectivity index (χ3v) is 13.1. The highest BCUT2D eigenvalue weighted by Gasteiger charge is 2.40. The van der Waals surface area contributed by atoms with Crippen LogP contribution in [-0.4, -0.2) is 129 Å². The third-order valence-electron chi connectivity index (χ3n) is 13.1. The van der Waals surface area contributed by atoms with Crippen LogP contribution in [-0.2, 0) is 54.6 Å². The molecule has 66 heavy (non-hydrogen) atoms. The largest absolute Gasteiger partial charge is 0.508 e. The molecule has 0 radical (unpaired) electrons. The van der Waals surface area contributed by atoms with Crippen molar-refractivity contribution in [2.45, 2.75) is 97.9 Å². The number of phenols is 1. The summed E-state index contributed by atoms with van der Waals surface area (Å²) < 4.78 is 8.44. The fourth-order valence-electron chi connectivity index (χ4n) is 9.99. The molecule has 4 aromatic rings. The van der Waals surface area contributed by atoms with Crippen molar-refractivity contribution in [3.8, 4) is 28.1 Å². The number of nitrogens with zero attached hydrogens (tertiary/aromatic N) is 6. The number of hydrazine groups is 1. The van der Waals surface area contributed by atoms with Gasteiger partial charge in [-0.05, 0) is 117 Å². The van der Waals surface area contributed by atoms with Gasteiger partial charge in [-0.2, -0.15) is 0 Å². The zero-order valence-electron chi connectivity index (χ0n) is 39.7. The second kappa shape index (κ2) is 19.8. The van der Waals surface area contributed by atoms with Crippen molar-refractivity contribution >= 4 is 40.5 Å². The Kier molecular flexibility index (Phi) is 14.4. The number of carbonyl (C=O) groups is 5. The van der Waals surface area contributed by atoms with Gasteiger partial charge in [-0.25, -0.2) is 5.43 Å². The van der Waals surface area contributed by atoms with Crippen LogP contribution >= 0.6 is 0 Å². The van der Waals surface area contributed by atoms with Crippen LogP contribution < -0.4 is 10.7 Å². The smallest absolute Gasteiger partial charge is 0.324 e. The number of hydrogen-bond donors (Lipinski definition) is 3. The molecular formula is C51H66N8O7. The van der Waals surface area contributed by atoms with Crippen LogP contribution in [0, 0.1) is 17.3 Å². The number of phenolic OH excluding ortho intramolecular Hbond substituents is 1. The van der Waals surface area contributed by atoms with Crippen molar-refractivity contribution in [3.63, 3.8) is 0 Å². The molecule has 6 bridgehead atoms. The second-order valence-corrected chi connectivity index (χ2v) is 19.6. The first kappa shape index (κ1) is 47.9. The number of esters is 1. The van der Waals surface area contributed by atoms with E-state index < -0.39 is 47.2 Å².